The Morgan fingerprint density at radius 1 is 1.60 bits per heavy atom. The average molecular weight is 175 g/mol. The molecular formula is C6H7ClN2S. The second-order valence-electron chi connectivity index (χ2n) is 2.49. The first-order valence-electron chi connectivity index (χ1n) is 3.29. The summed E-state index contributed by atoms with van der Waals surface area (Å²) in [6.45, 7) is 0. The van der Waals surface area contributed by atoms with Crippen molar-refractivity contribution in [3.63, 3.8) is 0 Å². The first-order valence-corrected chi connectivity index (χ1v) is 4.59. The molecule has 1 saturated carbocycles. The molecule has 1 aliphatic carbocycles. The Labute approximate surface area is 68.4 Å². The van der Waals surface area contributed by atoms with E-state index in [-0.39, 0.29) is 0 Å². The lowest BCUT2D eigenvalue weighted by Crippen LogP contribution is -1.83. The third-order valence-electron chi connectivity index (χ3n) is 1.66. The normalized spacial score (nSPS) is 17.7. The number of alkyl halides is 1. The molecule has 0 atom stereocenters. The van der Waals surface area contributed by atoms with E-state index in [4.69, 9.17) is 11.6 Å². The lowest BCUT2D eigenvalue weighted by molar-refractivity contribution is 1.03. The van der Waals surface area contributed by atoms with Crippen molar-refractivity contribution in [1.29, 1.82) is 0 Å². The lowest BCUT2D eigenvalue weighted by Gasteiger charge is -1.89. The highest BCUT2D eigenvalue weighted by Gasteiger charge is 2.28. The zero-order chi connectivity index (χ0) is 6.97. The minimum absolute atomic E-state index is 0.516. The molecule has 0 radical (unpaired) electrons. The van der Waals surface area contributed by atoms with Crippen molar-refractivity contribution in [2.45, 2.75) is 24.6 Å². The maximum Gasteiger partial charge on any atom is 0.0937 e. The predicted molar refractivity (Wildman–Crippen MR) is 41.4 cm³/mol. The molecule has 1 aromatic rings. The quantitative estimate of drug-likeness (QED) is 0.643. The number of hydrogen-bond acceptors (Lipinski definition) is 3. The number of hydrogen-bond donors (Lipinski definition) is 0. The molecule has 0 amide bonds. The van der Waals surface area contributed by atoms with Gasteiger partial charge >= 0.3 is 0 Å². The largest absolute Gasteiger partial charge is 0.142 e. The van der Waals surface area contributed by atoms with Crippen molar-refractivity contribution in [3.05, 3.63) is 10.6 Å². The van der Waals surface area contributed by atoms with E-state index in [2.05, 4.69) is 9.59 Å². The van der Waals surface area contributed by atoms with Crippen LogP contribution in [-0.4, -0.2) is 9.59 Å². The van der Waals surface area contributed by atoms with Crippen molar-refractivity contribution in [1.82, 2.24) is 9.59 Å². The maximum absolute atomic E-state index is 5.65. The van der Waals surface area contributed by atoms with Gasteiger partial charge in [-0.15, -0.1) is 16.7 Å². The van der Waals surface area contributed by atoms with Crippen LogP contribution < -0.4 is 0 Å². The Morgan fingerprint density at radius 2 is 2.40 bits per heavy atom. The fourth-order valence-corrected chi connectivity index (χ4v) is 2.07. The molecule has 1 fully saturated rings. The zero-order valence-electron chi connectivity index (χ0n) is 5.38. The summed E-state index contributed by atoms with van der Waals surface area (Å²) in [5.41, 5.74) is 0.995. The first-order chi connectivity index (χ1) is 4.92. The molecule has 10 heavy (non-hydrogen) atoms. The van der Waals surface area contributed by atoms with Gasteiger partial charge < -0.3 is 0 Å². The molecule has 4 heteroatoms. The Hall–Kier alpha value is -0.150. The summed E-state index contributed by atoms with van der Waals surface area (Å²) in [7, 11) is 0. The van der Waals surface area contributed by atoms with Gasteiger partial charge in [-0.3, -0.25) is 0 Å². The van der Waals surface area contributed by atoms with Gasteiger partial charge in [-0.2, -0.15) is 0 Å². The SMILES string of the molecule is ClCc1nnsc1C1CC1. The molecular weight excluding hydrogens is 168 g/mol. The summed E-state index contributed by atoms with van der Waals surface area (Å²) in [4.78, 5) is 1.31. The number of rotatable bonds is 2. The standard InChI is InChI=1S/C6H7ClN2S/c7-3-5-6(4-1-2-4)10-9-8-5/h4H,1-3H2. The van der Waals surface area contributed by atoms with E-state index < -0.39 is 0 Å². The molecule has 1 aliphatic rings. The van der Waals surface area contributed by atoms with E-state index in [1.165, 1.54) is 29.3 Å². The van der Waals surface area contributed by atoms with Crippen LogP contribution >= 0.6 is 23.1 Å². The second-order valence-corrected chi connectivity index (χ2v) is 3.54. The van der Waals surface area contributed by atoms with Crippen LogP contribution in [0.5, 0.6) is 0 Å². The van der Waals surface area contributed by atoms with Gasteiger partial charge in [0.15, 0.2) is 0 Å². The van der Waals surface area contributed by atoms with Gasteiger partial charge in [-0.25, -0.2) is 0 Å². The number of halogens is 1. The van der Waals surface area contributed by atoms with Crippen LogP contribution in [0.2, 0.25) is 0 Å². The van der Waals surface area contributed by atoms with Crippen molar-refractivity contribution >= 4 is 23.1 Å². The molecule has 0 spiro atoms. The van der Waals surface area contributed by atoms with Crippen LogP contribution in [0, 0.1) is 0 Å². The van der Waals surface area contributed by atoms with Crippen LogP contribution in [-0.2, 0) is 5.88 Å². The highest BCUT2D eigenvalue weighted by Crippen LogP contribution is 2.43. The van der Waals surface area contributed by atoms with Crippen molar-refractivity contribution < 1.29 is 0 Å². The third kappa shape index (κ3) is 1.04. The van der Waals surface area contributed by atoms with Crippen molar-refractivity contribution in [3.8, 4) is 0 Å². The minimum Gasteiger partial charge on any atom is -0.142 e. The van der Waals surface area contributed by atoms with Crippen LogP contribution in [0.4, 0.5) is 0 Å². The summed E-state index contributed by atoms with van der Waals surface area (Å²) >= 11 is 7.15. The highest BCUT2D eigenvalue weighted by atomic mass is 35.5. The van der Waals surface area contributed by atoms with Gasteiger partial charge in [-0.05, 0) is 30.3 Å². The Balaban J connectivity index is 2.28. The summed E-state index contributed by atoms with van der Waals surface area (Å²) < 4.78 is 3.86. The van der Waals surface area contributed by atoms with Gasteiger partial charge in [0.2, 0.25) is 0 Å². The summed E-state index contributed by atoms with van der Waals surface area (Å²) in [5.74, 6) is 1.26. The van der Waals surface area contributed by atoms with Crippen LogP contribution in [0.15, 0.2) is 0 Å². The molecule has 0 unspecified atom stereocenters. The van der Waals surface area contributed by atoms with E-state index in [1.54, 1.807) is 0 Å². The first kappa shape index (κ1) is 6.55. The molecule has 2 nitrogen and oxygen atoms in total. The van der Waals surface area contributed by atoms with E-state index in [0.717, 1.165) is 11.6 Å². The molecule has 0 aromatic carbocycles. The van der Waals surface area contributed by atoms with Crippen LogP contribution in [0.3, 0.4) is 0 Å². The van der Waals surface area contributed by atoms with Gasteiger partial charge in [0.05, 0.1) is 16.5 Å². The van der Waals surface area contributed by atoms with E-state index in [9.17, 15) is 0 Å². The van der Waals surface area contributed by atoms with Crippen LogP contribution in [0.1, 0.15) is 29.3 Å². The summed E-state index contributed by atoms with van der Waals surface area (Å²) in [6.07, 6.45) is 2.60. The zero-order valence-corrected chi connectivity index (χ0v) is 6.95. The van der Waals surface area contributed by atoms with Gasteiger partial charge in [0.1, 0.15) is 0 Å². The van der Waals surface area contributed by atoms with Crippen molar-refractivity contribution in [2.24, 2.45) is 0 Å². The number of nitrogens with zero attached hydrogens (tertiary/aromatic N) is 2. The molecule has 1 aromatic heterocycles. The fraction of sp³-hybridized carbons (Fsp3) is 0.667. The molecule has 0 bridgehead atoms. The Bertz CT molecular complexity index is 231. The average Bonchev–Trinajstić information content (AvgIpc) is 2.69. The fourth-order valence-electron chi connectivity index (χ4n) is 0.964. The van der Waals surface area contributed by atoms with E-state index in [0.29, 0.717) is 5.88 Å². The molecule has 0 aliphatic heterocycles. The van der Waals surface area contributed by atoms with Crippen molar-refractivity contribution in [2.75, 3.05) is 0 Å². The Kier molecular flexibility index (Phi) is 1.62. The lowest BCUT2D eigenvalue weighted by atomic mass is 10.3. The molecule has 54 valence electrons. The van der Waals surface area contributed by atoms with Gasteiger partial charge in [0.25, 0.3) is 0 Å². The summed E-state index contributed by atoms with van der Waals surface area (Å²) in [5, 5.41) is 3.93. The minimum atomic E-state index is 0.516. The molecule has 1 heterocycles. The van der Waals surface area contributed by atoms with E-state index >= 15 is 0 Å². The summed E-state index contributed by atoms with van der Waals surface area (Å²) in [6, 6.07) is 0. The number of aromatic nitrogens is 2. The predicted octanol–water partition coefficient (Wildman–Crippen LogP) is 2.15. The maximum atomic E-state index is 5.65. The molecule has 0 saturated heterocycles. The van der Waals surface area contributed by atoms with E-state index in [1.807, 2.05) is 0 Å². The van der Waals surface area contributed by atoms with Gasteiger partial charge in [-0.1, -0.05) is 4.49 Å². The molecule has 2 rings (SSSR count). The second kappa shape index (κ2) is 2.47. The molecule has 0 N–H and O–H groups in total. The monoisotopic (exact) mass is 174 g/mol. The highest BCUT2D eigenvalue weighted by molar-refractivity contribution is 7.05. The Morgan fingerprint density at radius 3 is 3.00 bits per heavy atom. The third-order valence-corrected chi connectivity index (χ3v) is 2.84. The van der Waals surface area contributed by atoms with Crippen LogP contribution in [0.25, 0.3) is 0 Å². The topological polar surface area (TPSA) is 25.8 Å². The smallest absolute Gasteiger partial charge is 0.0937 e. The van der Waals surface area contributed by atoms with Gasteiger partial charge in [0, 0.05) is 0 Å².